The minimum absolute atomic E-state index is 0.0892. The van der Waals surface area contributed by atoms with Crippen LogP contribution in [-0.4, -0.2) is 50.3 Å². The highest BCUT2D eigenvalue weighted by atomic mass is 19.4. The smallest absolute Gasteiger partial charge is 0.419 e. The summed E-state index contributed by atoms with van der Waals surface area (Å²) < 4.78 is 44.3. The first-order valence-corrected chi connectivity index (χ1v) is 9.89. The number of guanidine groups is 1. The van der Waals surface area contributed by atoms with Gasteiger partial charge in [-0.15, -0.1) is 0 Å². The van der Waals surface area contributed by atoms with Crippen LogP contribution in [0.1, 0.15) is 18.4 Å². The highest BCUT2D eigenvalue weighted by Crippen LogP contribution is 2.35. The van der Waals surface area contributed by atoms with Crippen LogP contribution in [0, 0.1) is 0 Å². The molecule has 1 aromatic carbocycles. The summed E-state index contributed by atoms with van der Waals surface area (Å²) in [4.78, 5) is 10.8. The van der Waals surface area contributed by atoms with Crippen molar-refractivity contribution in [2.24, 2.45) is 4.99 Å². The second-order valence-corrected chi connectivity index (χ2v) is 6.93. The van der Waals surface area contributed by atoms with Gasteiger partial charge >= 0.3 is 6.18 Å². The van der Waals surface area contributed by atoms with Gasteiger partial charge in [-0.1, -0.05) is 18.2 Å². The molecule has 1 fully saturated rings. The van der Waals surface area contributed by atoms with Gasteiger partial charge in [-0.05, 0) is 37.1 Å². The number of anilines is 1. The molecule has 30 heavy (non-hydrogen) atoms. The number of halogens is 3. The van der Waals surface area contributed by atoms with Gasteiger partial charge in [-0.2, -0.15) is 13.2 Å². The summed E-state index contributed by atoms with van der Waals surface area (Å²) in [6.07, 6.45) is -0.772. The SMILES string of the molecule is CN=C(NCCOc1ccccc1C(F)(F)F)NC1CCN(c2ccccn2)CC1. The summed E-state index contributed by atoms with van der Waals surface area (Å²) in [7, 11) is 1.66. The zero-order valence-electron chi connectivity index (χ0n) is 16.8. The normalized spacial score (nSPS) is 15.7. The van der Waals surface area contributed by atoms with E-state index in [1.54, 1.807) is 13.2 Å². The predicted octanol–water partition coefficient (Wildman–Crippen LogP) is 3.31. The lowest BCUT2D eigenvalue weighted by atomic mass is 10.1. The Bertz CT molecular complexity index is 821. The number of aromatic nitrogens is 1. The second kappa shape index (κ2) is 10.2. The minimum atomic E-state index is -4.44. The fraction of sp³-hybridized carbons (Fsp3) is 0.429. The van der Waals surface area contributed by atoms with Crippen LogP contribution >= 0.6 is 0 Å². The number of para-hydroxylation sites is 1. The summed E-state index contributed by atoms with van der Waals surface area (Å²) in [5, 5.41) is 6.46. The van der Waals surface area contributed by atoms with Gasteiger partial charge in [0.25, 0.3) is 0 Å². The fourth-order valence-electron chi connectivity index (χ4n) is 3.34. The average molecular weight is 421 g/mol. The Morgan fingerprint density at radius 2 is 1.90 bits per heavy atom. The van der Waals surface area contributed by atoms with Crippen molar-refractivity contribution in [3.8, 4) is 5.75 Å². The van der Waals surface area contributed by atoms with E-state index in [9.17, 15) is 13.2 Å². The molecule has 0 atom stereocenters. The maximum Gasteiger partial charge on any atom is 0.419 e. The van der Waals surface area contributed by atoms with E-state index in [1.807, 2.05) is 18.2 Å². The lowest BCUT2D eigenvalue weighted by molar-refractivity contribution is -0.138. The van der Waals surface area contributed by atoms with Crippen molar-refractivity contribution < 1.29 is 17.9 Å². The molecule has 0 amide bonds. The van der Waals surface area contributed by atoms with E-state index >= 15 is 0 Å². The van der Waals surface area contributed by atoms with Crippen molar-refractivity contribution in [1.82, 2.24) is 15.6 Å². The van der Waals surface area contributed by atoms with Crippen LogP contribution < -0.4 is 20.3 Å². The lowest BCUT2D eigenvalue weighted by Gasteiger charge is -2.33. The summed E-state index contributed by atoms with van der Waals surface area (Å²) in [6.45, 7) is 2.20. The molecule has 0 spiro atoms. The molecule has 2 heterocycles. The number of nitrogens with zero attached hydrogens (tertiary/aromatic N) is 3. The van der Waals surface area contributed by atoms with Gasteiger partial charge in [0, 0.05) is 32.4 Å². The Morgan fingerprint density at radius 3 is 2.57 bits per heavy atom. The summed E-state index contributed by atoms with van der Waals surface area (Å²) in [5.74, 6) is 1.42. The van der Waals surface area contributed by atoms with Gasteiger partial charge in [-0.3, -0.25) is 4.99 Å². The maximum atomic E-state index is 13.0. The van der Waals surface area contributed by atoms with Crippen molar-refractivity contribution in [1.29, 1.82) is 0 Å². The van der Waals surface area contributed by atoms with Gasteiger partial charge in [0.05, 0.1) is 12.1 Å². The number of piperidine rings is 1. The van der Waals surface area contributed by atoms with Gasteiger partial charge in [0.1, 0.15) is 18.2 Å². The zero-order valence-corrected chi connectivity index (χ0v) is 16.8. The molecule has 162 valence electrons. The third-order valence-corrected chi connectivity index (χ3v) is 4.88. The Morgan fingerprint density at radius 1 is 1.17 bits per heavy atom. The number of hydrogen-bond donors (Lipinski definition) is 2. The van der Waals surface area contributed by atoms with Gasteiger partial charge in [0.2, 0.25) is 0 Å². The highest BCUT2D eigenvalue weighted by molar-refractivity contribution is 5.80. The molecular weight excluding hydrogens is 395 g/mol. The lowest BCUT2D eigenvalue weighted by Crippen LogP contribution is -2.49. The van der Waals surface area contributed by atoms with Crippen molar-refractivity contribution in [3.63, 3.8) is 0 Å². The first kappa shape index (κ1) is 21.7. The molecular formula is C21H26F3N5O. The van der Waals surface area contributed by atoms with E-state index < -0.39 is 11.7 Å². The Labute approximate surface area is 174 Å². The molecule has 1 aliphatic heterocycles. The van der Waals surface area contributed by atoms with E-state index in [0.717, 1.165) is 37.8 Å². The standard InChI is InChI=1S/C21H26F3N5O/c1-25-20(27-12-15-30-18-7-3-2-6-17(18)21(22,23)24)28-16-9-13-29(14-10-16)19-8-4-5-11-26-19/h2-8,11,16H,9-10,12-15H2,1H3,(H2,25,27,28). The number of alkyl halides is 3. The van der Waals surface area contributed by atoms with Crippen LogP contribution in [0.4, 0.5) is 19.0 Å². The van der Waals surface area contributed by atoms with Crippen LogP contribution in [0.5, 0.6) is 5.75 Å². The zero-order chi connectivity index (χ0) is 21.4. The van der Waals surface area contributed by atoms with Gasteiger partial charge < -0.3 is 20.3 Å². The monoisotopic (exact) mass is 421 g/mol. The Kier molecular flexibility index (Phi) is 7.37. The molecule has 1 saturated heterocycles. The number of pyridine rings is 1. The molecule has 2 aromatic rings. The van der Waals surface area contributed by atoms with Crippen molar-refractivity contribution >= 4 is 11.8 Å². The number of nitrogens with one attached hydrogen (secondary N) is 2. The maximum absolute atomic E-state index is 13.0. The molecule has 6 nitrogen and oxygen atoms in total. The third-order valence-electron chi connectivity index (χ3n) is 4.88. The number of benzene rings is 1. The number of hydrogen-bond acceptors (Lipinski definition) is 4. The minimum Gasteiger partial charge on any atom is -0.491 e. The molecule has 1 aromatic heterocycles. The largest absolute Gasteiger partial charge is 0.491 e. The van der Waals surface area contributed by atoms with Crippen LogP contribution in [0.3, 0.4) is 0 Å². The number of rotatable bonds is 6. The fourth-order valence-corrected chi connectivity index (χ4v) is 3.34. The molecule has 0 unspecified atom stereocenters. The van der Waals surface area contributed by atoms with Crippen molar-refractivity contribution in [2.45, 2.75) is 25.1 Å². The summed E-state index contributed by atoms with van der Waals surface area (Å²) in [6, 6.07) is 11.4. The third kappa shape index (κ3) is 6.01. The molecule has 0 aliphatic carbocycles. The molecule has 2 N–H and O–H groups in total. The predicted molar refractivity (Wildman–Crippen MR) is 111 cm³/mol. The average Bonchev–Trinajstić information content (AvgIpc) is 2.76. The van der Waals surface area contributed by atoms with E-state index in [0.29, 0.717) is 12.5 Å². The van der Waals surface area contributed by atoms with E-state index in [2.05, 4.69) is 25.5 Å². The second-order valence-electron chi connectivity index (χ2n) is 6.93. The summed E-state index contributed by atoms with van der Waals surface area (Å²) >= 11 is 0. The molecule has 0 saturated carbocycles. The topological polar surface area (TPSA) is 61.8 Å². The van der Waals surface area contributed by atoms with Crippen molar-refractivity contribution in [2.75, 3.05) is 38.2 Å². The molecule has 1 aliphatic rings. The van der Waals surface area contributed by atoms with Crippen LogP contribution in [-0.2, 0) is 6.18 Å². The number of ether oxygens (including phenoxy) is 1. The van der Waals surface area contributed by atoms with Gasteiger partial charge in [-0.25, -0.2) is 4.98 Å². The summed E-state index contributed by atoms with van der Waals surface area (Å²) in [5.41, 5.74) is -0.771. The van der Waals surface area contributed by atoms with Crippen molar-refractivity contribution in [3.05, 3.63) is 54.2 Å². The Hall–Kier alpha value is -2.97. The van der Waals surface area contributed by atoms with Gasteiger partial charge in [0.15, 0.2) is 5.96 Å². The van der Waals surface area contributed by atoms with Crippen LogP contribution in [0.25, 0.3) is 0 Å². The molecule has 9 heteroatoms. The Balaban J connectivity index is 1.41. The van der Waals surface area contributed by atoms with Crippen LogP contribution in [0.15, 0.2) is 53.7 Å². The van der Waals surface area contributed by atoms with E-state index in [-0.39, 0.29) is 18.4 Å². The highest BCUT2D eigenvalue weighted by Gasteiger charge is 2.33. The quantitative estimate of drug-likeness (QED) is 0.426. The number of aliphatic imine (C=N–C) groups is 1. The van der Waals surface area contributed by atoms with E-state index in [1.165, 1.54) is 18.2 Å². The van der Waals surface area contributed by atoms with E-state index in [4.69, 9.17) is 4.74 Å². The molecule has 0 bridgehead atoms. The molecule has 0 radical (unpaired) electrons. The molecule has 3 rings (SSSR count). The first-order chi connectivity index (χ1) is 14.5. The first-order valence-electron chi connectivity index (χ1n) is 9.89. The van der Waals surface area contributed by atoms with Crippen LogP contribution in [0.2, 0.25) is 0 Å².